The fraction of sp³-hybridized carbons (Fsp3) is 0.429. The molecule has 0 aliphatic carbocycles. The van der Waals surface area contributed by atoms with Crippen molar-refractivity contribution < 1.29 is 9.59 Å². The van der Waals surface area contributed by atoms with Crippen LogP contribution < -0.4 is 16.0 Å². The van der Waals surface area contributed by atoms with Gasteiger partial charge in [0, 0.05) is 19.2 Å². The Balaban J connectivity index is 1.85. The lowest BCUT2D eigenvalue weighted by molar-refractivity contribution is -0.122. The molecule has 0 spiro atoms. The minimum Gasteiger partial charge on any atom is -0.355 e. The number of rotatable bonds is 4. The fourth-order valence-electron chi connectivity index (χ4n) is 2.14. The molecule has 5 heteroatoms. The van der Waals surface area contributed by atoms with Crippen LogP contribution in [0.25, 0.3) is 0 Å². The van der Waals surface area contributed by atoms with Crippen molar-refractivity contribution in [2.45, 2.75) is 25.4 Å². The second-order valence-electron chi connectivity index (χ2n) is 4.64. The first-order valence-electron chi connectivity index (χ1n) is 6.53. The molecule has 1 atom stereocenters. The highest BCUT2D eigenvalue weighted by atomic mass is 16.2. The zero-order valence-corrected chi connectivity index (χ0v) is 11.0. The van der Waals surface area contributed by atoms with Crippen molar-refractivity contribution >= 4 is 11.8 Å². The molecule has 1 aliphatic heterocycles. The summed E-state index contributed by atoms with van der Waals surface area (Å²) in [6.07, 6.45) is 1.96. The van der Waals surface area contributed by atoms with Crippen LogP contribution in [-0.4, -0.2) is 31.4 Å². The Morgan fingerprint density at radius 3 is 2.63 bits per heavy atom. The van der Waals surface area contributed by atoms with Crippen LogP contribution in [0.5, 0.6) is 0 Å². The first-order chi connectivity index (χ1) is 9.20. The topological polar surface area (TPSA) is 70.2 Å². The van der Waals surface area contributed by atoms with E-state index in [0.29, 0.717) is 12.1 Å². The van der Waals surface area contributed by atoms with E-state index in [1.807, 2.05) is 12.1 Å². The summed E-state index contributed by atoms with van der Waals surface area (Å²) >= 11 is 0. The van der Waals surface area contributed by atoms with Crippen molar-refractivity contribution in [3.05, 3.63) is 35.4 Å². The molecule has 102 valence electrons. The number of nitrogens with one attached hydrogen (secondary N) is 3. The van der Waals surface area contributed by atoms with E-state index in [1.165, 1.54) is 0 Å². The predicted molar refractivity (Wildman–Crippen MR) is 72.7 cm³/mol. The number of carbonyl (C=O) groups is 2. The first kappa shape index (κ1) is 13.5. The average molecular weight is 261 g/mol. The van der Waals surface area contributed by atoms with Crippen molar-refractivity contribution in [2.75, 3.05) is 13.6 Å². The van der Waals surface area contributed by atoms with Crippen LogP contribution in [0.1, 0.15) is 28.8 Å². The van der Waals surface area contributed by atoms with Gasteiger partial charge in [-0.1, -0.05) is 12.1 Å². The molecule has 1 aromatic carbocycles. The Hall–Kier alpha value is -1.88. The number of amides is 2. The minimum atomic E-state index is -0.106. The van der Waals surface area contributed by atoms with Crippen LogP contribution in [0, 0.1) is 0 Å². The molecule has 1 aliphatic rings. The molecule has 0 bridgehead atoms. The second kappa shape index (κ2) is 6.33. The van der Waals surface area contributed by atoms with Gasteiger partial charge < -0.3 is 16.0 Å². The first-order valence-corrected chi connectivity index (χ1v) is 6.53. The molecule has 3 N–H and O–H groups in total. The maximum atomic E-state index is 11.8. The zero-order chi connectivity index (χ0) is 13.7. The van der Waals surface area contributed by atoms with Gasteiger partial charge in [-0.2, -0.15) is 0 Å². The van der Waals surface area contributed by atoms with E-state index in [0.717, 1.165) is 24.9 Å². The number of hydrogen-bond donors (Lipinski definition) is 3. The quantitative estimate of drug-likeness (QED) is 0.735. The molecule has 0 saturated carbocycles. The molecule has 1 saturated heterocycles. The van der Waals surface area contributed by atoms with E-state index < -0.39 is 0 Å². The summed E-state index contributed by atoms with van der Waals surface area (Å²) in [5, 5.41) is 8.63. The van der Waals surface area contributed by atoms with Crippen LogP contribution in [0.2, 0.25) is 0 Å². The largest absolute Gasteiger partial charge is 0.355 e. The van der Waals surface area contributed by atoms with Gasteiger partial charge in [0.2, 0.25) is 5.91 Å². The van der Waals surface area contributed by atoms with E-state index in [-0.39, 0.29) is 17.9 Å². The van der Waals surface area contributed by atoms with Gasteiger partial charge in [0.05, 0.1) is 6.04 Å². The lowest BCUT2D eigenvalue weighted by Crippen LogP contribution is -2.39. The molecule has 0 radical (unpaired) electrons. The molecular weight excluding hydrogens is 242 g/mol. The SMILES string of the molecule is CNC(=O)c1ccc(CNC(=O)C2CCCN2)cc1. The van der Waals surface area contributed by atoms with Crippen LogP contribution >= 0.6 is 0 Å². The Kier molecular flexibility index (Phi) is 4.52. The number of hydrogen-bond acceptors (Lipinski definition) is 3. The summed E-state index contributed by atoms with van der Waals surface area (Å²) in [4.78, 5) is 23.2. The van der Waals surface area contributed by atoms with Gasteiger partial charge in [0.15, 0.2) is 0 Å². The Morgan fingerprint density at radius 1 is 1.32 bits per heavy atom. The molecule has 5 nitrogen and oxygen atoms in total. The third-order valence-corrected chi connectivity index (χ3v) is 3.29. The van der Waals surface area contributed by atoms with E-state index in [2.05, 4.69) is 16.0 Å². The van der Waals surface area contributed by atoms with Gasteiger partial charge >= 0.3 is 0 Å². The molecule has 19 heavy (non-hydrogen) atoms. The van der Waals surface area contributed by atoms with Crippen molar-refractivity contribution in [3.8, 4) is 0 Å². The standard InChI is InChI=1S/C14H19N3O2/c1-15-13(18)11-6-4-10(5-7-11)9-17-14(19)12-3-2-8-16-12/h4-7,12,16H,2-3,8-9H2,1H3,(H,15,18)(H,17,19). The molecule has 1 aromatic rings. The van der Waals surface area contributed by atoms with E-state index in [1.54, 1.807) is 19.2 Å². The smallest absolute Gasteiger partial charge is 0.251 e. The van der Waals surface area contributed by atoms with Gasteiger partial charge in [-0.3, -0.25) is 9.59 Å². The monoisotopic (exact) mass is 261 g/mol. The predicted octanol–water partition coefficient (Wildman–Crippen LogP) is 0.414. The normalized spacial score (nSPS) is 18.1. The lowest BCUT2D eigenvalue weighted by atomic mass is 10.1. The fourth-order valence-corrected chi connectivity index (χ4v) is 2.14. The van der Waals surface area contributed by atoms with Crippen LogP contribution in [0.3, 0.4) is 0 Å². The van der Waals surface area contributed by atoms with Gasteiger partial charge in [-0.25, -0.2) is 0 Å². The van der Waals surface area contributed by atoms with Crippen LogP contribution in [0.4, 0.5) is 0 Å². The third-order valence-electron chi connectivity index (χ3n) is 3.29. The highest BCUT2D eigenvalue weighted by Crippen LogP contribution is 2.07. The molecule has 2 amide bonds. The van der Waals surface area contributed by atoms with Crippen molar-refractivity contribution in [1.82, 2.24) is 16.0 Å². The van der Waals surface area contributed by atoms with E-state index in [4.69, 9.17) is 0 Å². The molecule has 0 aromatic heterocycles. The van der Waals surface area contributed by atoms with Gasteiger partial charge in [-0.05, 0) is 37.1 Å². The summed E-state index contributed by atoms with van der Waals surface area (Å²) in [5.74, 6) is -0.0568. The van der Waals surface area contributed by atoms with Crippen LogP contribution in [-0.2, 0) is 11.3 Å². The van der Waals surface area contributed by atoms with E-state index in [9.17, 15) is 9.59 Å². The number of benzene rings is 1. The summed E-state index contributed by atoms with van der Waals surface area (Å²) < 4.78 is 0. The molecule has 1 fully saturated rings. The number of carbonyl (C=O) groups excluding carboxylic acids is 2. The second-order valence-corrected chi connectivity index (χ2v) is 4.64. The van der Waals surface area contributed by atoms with Gasteiger partial charge in [-0.15, -0.1) is 0 Å². The third kappa shape index (κ3) is 3.54. The Bertz CT molecular complexity index is 450. The summed E-state index contributed by atoms with van der Waals surface area (Å²) in [7, 11) is 1.60. The van der Waals surface area contributed by atoms with Gasteiger partial charge in [0.1, 0.15) is 0 Å². The zero-order valence-electron chi connectivity index (χ0n) is 11.0. The maximum absolute atomic E-state index is 11.8. The summed E-state index contributed by atoms with van der Waals surface area (Å²) in [5.41, 5.74) is 1.61. The summed E-state index contributed by atoms with van der Waals surface area (Å²) in [6.45, 7) is 1.41. The molecular formula is C14H19N3O2. The molecule has 2 rings (SSSR count). The highest BCUT2D eigenvalue weighted by Gasteiger charge is 2.21. The van der Waals surface area contributed by atoms with Crippen LogP contribution in [0.15, 0.2) is 24.3 Å². The Labute approximate surface area is 112 Å². The highest BCUT2D eigenvalue weighted by molar-refractivity contribution is 5.93. The van der Waals surface area contributed by atoms with Gasteiger partial charge in [0.25, 0.3) is 5.91 Å². The molecule has 1 unspecified atom stereocenters. The Morgan fingerprint density at radius 2 is 2.05 bits per heavy atom. The minimum absolute atomic E-state index is 0.0490. The average Bonchev–Trinajstić information content (AvgIpc) is 2.98. The van der Waals surface area contributed by atoms with E-state index >= 15 is 0 Å². The summed E-state index contributed by atoms with van der Waals surface area (Å²) in [6, 6.07) is 7.17. The van der Waals surface area contributed by atoms with Crippen molar-refractivity contribution in [3.63, 3.8) is 0 Å². The lowest BCUT2D eigenvalue weighted by Gasteiger charge is -2.11. The maximum Gasteiger partial charge on any atom is 0.251 e. The molecule has 1 heterocycles. The van der Waals surface area contributed by atoms with Crippen molar-refractivity contribution in [2.24, 2.45) is 0 Å². The van der Waals surface area contributed by atoms with Crippen molar-refractivity contribution in [1.29, 1.82) is 0 Å².